The molecule has 1 aliphatic carbocycles. The molecule has 0 unspecified atom stereocenters. The number of benzene rings is 1. The van der Waals surface area contributed by atoms with Gasteiger partial charge in [-0.05, 0) is 24.3 Å². The fourth-order valence-corrected chi connectivity index (χ4v) is 3.03. The summed E-state index contributed by atoms with van der Waals surface area (Å²) in [6.07, 6.45) is 3.71. The van der Waals surface area contributed by atoms with Crippen molar-refractivity contribution in [2.45, 2.75) is 38.5 Å². The van der Waals surface area contributed by atoms with Crippen LogP contribution in [0.2, 0.25) is 0 Å². The van der Waals surface area contributed by atoms with Crippen molar-refractivity contribution in [3.05, 3.63) is 47.3 Å². The Labute approximate surface area is 130 Å². The molecule has 1 saturated carbocycles. The van der Waals surface area contributed by atoms with Gasteiger partial charge in [0.15, 0.2) is 0 Å². The first-order valence-electron chi connectivity index (χ1n) is 8.17. The number of ether oxygens (including phenoxy) is 1. The molecular weight excluding hydrogens is 276 g/mol. The molecule has 116 valence electrons. The van der Waals surface area contributed by atoms with Crippen molar-refractivity contribution >= 4 is 0 Å². The summed E-state index contributed by atoms with van der Waals surface area (Å²) in [7, 11) is 0. The summed E-state index contributed by atoms with van der Waals surface area (Å²) in [6, 6.07) is 10.5. The predicted octanol–water partition coefficient (Wildman–Crippen LogP) is 2.09. The molecule has 0 saturated heterocycles. The van der Waals surface area contributed by atoms with Gasteiger partial charge in [-0.15, -0.1) is 5.10 Å². The summed E-state index contributed by atoms with van der Waals surface area (Å²) in [5.41, 5.74) is 3.59. The Kier molecular flexibility index (Phi) is 3.91. The lowest BCUT2D eigenvalue weighted by Gasteiger charge is -2.23. The van der Waals surface area contributed by atoms with Gasteiger partial charge in [0.1, 0.15) is 5.69 Å². The van der Waals surface area contributed by atoms with Crippen molar-refractivity contribution in [3.8, 4) is 0 Å². The third-order valence-electron chi connectivity index (χ3n) is 4.47. The lowest BCUT2D eigenvalue weighted by molar-refractivity contribution is 0.0957. The van der Waals surface area contributed by atoms with E-state index in [0.29, 0.717) is 13.2 Å². The summed E-state index contributed by atoms with van der Waals surface area (Å²) in [5.74, 6) is 0.827. The third kappa shape index (κ3) is 3.05. The van der Waals surface area contributed by atoms with Crippen molar-refractivity contribution < 1.29 is 4.74 Å². The molecule has 0 spiro atoms. The van der Waals surface area contributed by atoms with Crippen LogP contribution in [0, 0.1) is 5.92 Å². The highest BCUT2D eigenvalue weighted by Gasteiger charge is 2.29. The smallest absolute Gasteiger partial charge is 0.105 e. The van der Waals surface area contributed by atoms with Crippen LogP contribution in [-0.4, -0.2) is 28.1 Å². The fraction of sp³-hybridized carbons (Fsp3) is 0.529. The van der Waals surface area contributed by atoms with Crippen molar-refractivity contribution in [2.75, 3.05) is 13.2 Å². The van der Waals surface area contributed by atoms with E-state index in [1.165, 1.54) is 24.1 Å². The molecule has 2 aromatic rings. The second-order valence-electron chi connectivity index (χ2n) is 6.30. The first-order chi connectivity index (χ1) is 10.9. The van der Waals surface area contributed by atoms with Gasteiger partial charge >= 0.3 is 0 Å². The van der Waals surface area contributed by atoms with E-state index in [1.54, 1.807) is 0 Å². The zero-order chi connectivity index (χ0) is 14.8. The molecule has 0 bridgehead atoms. The van der Waals surface area contributed by atoms with Crippen LogP contribution in [0.3, 0.4) is 0 Å². The molecule has 1 fully saturated rings. The molecule has 1 N–H and O–H groups in total. The van der Waals surface area contributed by atoms with Gasteiger partial charge < -0.3 is 10.1 Å². The van der Waals surface area contributed by atoms with E-state index < -0.39 is 0 Å². The molecule has 2 aliphatic rings. The minimum absolute atomic E-state index is 0.167. The standard InChI is InChI=1S/C17H22N4O/c1-2-4-14(5-3-1)11-22-12-15-17-16(8-9-18-15)21(20-19-17)10-13-6-7-13/h1-5,13,15,18H,6-12H2/t15-/m0/s1. The summed E-state index contributed by atoms with van der Waals surface area (Å²) in [5, 5.41) is 12.3. The van der Waals surface area contributed by atoms with Crippen molar-refractivity contribution in [2.24, 2.45) is 5.92 Å². The molecule has 1 aromatic carbocycles. The Hall–Kier alpha value is -1.72. The molecule has 1 atom stereocenters. The van der Waals surface area contributed by atoms with Gasteiger partial charge in [-0.3, -0.25) is 0 Å². The normalized spacial score (nSPS) is 20.8. The number of nitrogens with zero attached hydrogens (tertiary/aromatic N) is 3. The molecule has 5 heteroatoms. The second kappa shape index (κ2) is 6.18. The maximum atomic E-state index is 5.88. The number of rotatable bonds is 6. The zero-order valence-electron chi connectivity index (χ0n) is 12.7. The Morgan fingerprint density at radius 3 is 2.91 bits per heavy atom. The molecule has 1 aromatic heterocycles. The summed E-state index contributed by atoms with van der Waals surface area (Å²) < 4.78 is 8.00. The Balaban J connectivity index is 1.38. The van der Waals surface area contributed by atoms with Gasteiger partial charge in [0.2, 0.25) is 0 Å². The third-order valence-corrected chi connectivity index (χ3v) is 4.47. The number of hydrogen-bond acceptors (Lipinski definition) is 4. The molecular formula is C17H22N4O. The van der Waals surface area contributed by atoms with E-state index in [-0.39, 0.29) is 6.04 Å². The fourth-order valence-electron chi connectivity index (χ4n) is 3.03. The quantitative estimate of drug-likeness (QED) is 0.887. The van der Waals surface area contributed by atoms with Gasteiger partial charge in [0.05, 0.1) is 24.9 Å². The molecule has 0 radical (unpaired) electrons. The Morgan fingerprint density at radius 1 is 1.23 bits per heavy atom. The average Bonchev–Trinajstić information content (AvgIpc) is 3.28. The molecule has 5 nitrogen and oxygen atoms in total. The first-order valence-corrected chi connectivity index (χ1v) is 8.17. The largest absolute Gasteiger partial charge is 0.375 e. The number of fused-ring (bicyclic) bond motifs is 1. The summed E-state index contributed by atoms with van der Waals surface area (Å²) in [4.78, 5) is 0. The highest BCUT2D eigenvalue weighted by atomic mass is 16.5. The van der Waals surface area contributed by atoms with E-state index >= 15 is 0 Å². The number of hydrogen-bond donors (Lipinski definition) is 1. The van der Waals surface area contributed by atoms with Crippen LogP contribution in [0.15, 0.2) is 30.3 Å². The van der Waals surface area contributed by atoms with Gasteiger partial charge in [-0.25, -0.2) is 4.68 Å². The lowest BCUT2D eigenvalue weighted by Crippen LogP contribution is -2.33. The van der Waals surface area contributed by atoms with Crippen LogP contribution in [0.5, 0.6) is 0 Å². The number of nitrogens with one attached hydrogen (secondary N) is 1. The van der Waals surface area contributed by atoms with Crippen molar-refractivity contribution in [3.63, 3.8) is 0 Å². The van der Waals surface area contributed by atoms with Crippen LogP contribution in [0.4, 0.5) is 0 Å². The van der Waals surface area contributed by atoms with Crippen LogP contribution >= 0.6 is 0 Å². The molecule has 0 amide bonds. The predicted molar refractivity (Wildman–Crippen MR) is 83.3 cm³/mol. The zero-order valence-corrected chi connectivity index (χ0v) is 12.7. The maximum Gasteiger partial charge on any atom is 0.105 e. The minimum atomic E-state index is 0.167. The van der Waals surface area contributed by atoms with E-state index in [2.05, 4.69) is 32.4 Å². The first kappa shape index (κ1) is 13.9. The average molecular weight is 298 g/mol. The molecule has 1 aliphatic heterocycles. The van der Waals surface area contributed by atoms with Gasteiger partial charge in [0.25, 0.3) is 0 Å². The lowest BCUT2D eigenvalue weighted by atomic mass is 10.1. The highest BCUT2D eigenvalue weighted by molar-refractivity contribution is 5.19. The van der Waals surface area contributed by atoms with Crippen LogP contribution in [0.25, 0.3) is 0 Å². The van der Waals surface area contributed by atoms with Gasteiger partial charge in [-0.2, -0.15) is 0 Å². The van der Waals surface area contributed by atoms with E-state index in [1.807, 2.05) is 18.2 Å². The SMILES string of the molecule is c1ccc(COC[C@@H]2NCCc3c2nnn3CC2CC2)cc1. The van der Waals surface area contributed by atoms with Crippen LogP contribution < -0.4 is 5.32 Å². The highest BCUT2D eigenvalue weighted by Crippen LogP contribution is 2.31. The monoisotopic (exact) mass is 298 g/mol. The van der Waals surface area contributed by atoms with Crippen molar-refractivity contribution in [1.82, 2.24) is 20.3 Å². The molecule has 4 rings (SSSR count). The Morgan fingerprint density at radius 2 is 2.09 bits per heavy atom. The minimum Gasteiger partial charge on any atom is -0.375 e. The maximum absolute atomic E-state index is 5.88. The summed E-state index contributed by atoms with van der Waals surface area (Å²) in [6.45, 7) is 3.30. The number of aromatic nitrogens is 3. The Bertz CT molecular complexity index is 621. The van der Waals surface area contributed by atoms with Gasteiger partial charge in [0, 0.05) is 19.5 Å². The topological polar surface area (TPSA) is 52.0 Å². The van der Waals surface area contributed by atoms with Crippen molar-refractivity contribution in [1.29, 1.82) is 0 Å². The summed E-state index contributed by atoms with van der Waals surface area (Å²) >= 11 is 0. The van der Waals surface area contributed by atoms with E-state index in [0.717, 1.165) is 31.1 Å². The second-order valence-corrected chi connectivity index (χ2v) is 6.30. The van der Waals surface area contributed by atoms with E-state index in [4.69, 9.17) is 4.74 Å². The molecule has 22 heavy (non-hydrogen) atoms. The van der Waals surface area contributed by atoms with E-state index in [9.17, 15) is 0 Å². The molecule has 2 heterocycles. The van der Waals surface area contributed by atoms with Crippen LogP contribution in [0.1, 0.15) is 35.8 Å². The van der Waals surface area contributed by atoms with Gasteiger partial charge in [-0.1, -0.05) is 35.5 Å². The van der Waals surface area contributed by atoms with Crippen LogP contribution in [-0.2, 0) is 24.3 Å².